The van der Waals surface area contributed by atoms with E-state index < -0.39 is 0 Å². The molecule has 1 saturated heterocycles. The van der Waals surface area contributed by atoms with E-state index in [1.165, 1.54) is 0 Å². The van der Waals surface area contributed by atoms with E-state index in [0.717, 1.165) is 19.5 Å². The number of methoxy groups -OCH3 is 1. The molecule has 0 aliphatic carbocycles. The predicted octanol–water partition coefficient (Wildman–Crippen LogP) is 0.542. The third kappa shape index (κ3) is 2.52. The van der Waals surface area contributed by atoms with Crippen molar-refractivity contribution in [2.45, 2.75) is 19.4 Å². The first-order chi connectivity index (χ1) is 8.61. The molecule has 0 N–H and O–H groups in total. The number of rotatable bonds is 3. The van der Waals surface area contributed by atoms with E-state index in [1.807, 2.05) is 7.05 Å². The first-order valence-corrected chi connectivity index (χ1v) is 5.97. The lowest BCUT2D eigenvalue weighted by molar-refractivity contribution is -0.129. The Kier molecular flexibility index (Phi) is 3.64. The summed E-state index contributed by atoms with van der Waals surface area (Å²) in [5, 5.41) is 0. The Morgan fingerprint density at radius 2 is 2.39 bits per heavy atom. The molecule has 0 radical (unpaired) electrons. The molecule has 0 saturated carbocycles. The number of anilines is 1. The Balaban J connectivity index is 2.06. The highest BCUT2D eigenvalue weighted by atomic mass is 16.5. The molecule has 1 fully saturated rings. The van der Waals surface area contributed by atoms with E-state index in [4.69, 9.17) is 4.74 Å². The number of carbonyl (C=O) groups excluding carboxylic acids is 1. The van der Waals surface area contributed by atoms with Crippen LogP contribution in [0.1, 0.15) is 13.3 Å². The summed E-state index contributed by atoms with van der Waals surface area (Å²) in [6.07, 6.45) is 2.62. The minimum atomic E-state index is 0.0911. The number of amides is 1. The van der Waals surface area contributed by atoms with Crippen LogP contribution in [0.4, 0.5) is 5.95 Å². The van der Waals surface area contributed by atoms with E-state index in [9.17, 15) is 4.79 Å². The lowest BCUT2D eigenvalue weighted by atomic mass is 10.2. The number of hydrogen-bond acceptors (Lipinski definition) is 5. The number of aromatic nitrogens is 2. The van der Waals surface area contributed by atoms with Crippen LogP contribution in [-0.4, -0.2) is 54.1 Å². The highest BCUT2D eigenvalue weighted by Gasteiger charge is 2.28. The fourth-order valence-corrected chi connectivity index (χ4v) is 2.10. The zero-order valence-electron chi connectivity index (χ0n) is 11.0. The van der Waals surface area contributed by atoms with Gasteiger partial charge >= 0.3 is 0 Å². The van der Waals surface area contributed by atoms with Crippen LogP contribution < -0.4 is 9.64 Å². The molecular weight excluding hydrogens is 232 g/mol. The number of carbonyl (C=O) groups is 1. The second-order valence-corrected chi connectivity index (χ2v) is 4.42. The number of ether oxygens (including phenoxy) is 1. The van der Waals surface area contributed by atoms with Gasteiger partial charge in [0.1, 0.15) is 0 Å². The van der Waals surface area contributed by atoms with Crippen molar-refractivity contribution in [3.63, 3.8) is 0 Å². The second-order valence-electron chi connectivity index (χ2n) is 4.42. The largest absolute Gasteiger partial charge is 0.481 e. The zero-order chi connectivity index (χ0) is 13.1. The van der Waals surface area contributed by atoms with Gasteiger partial charge in [0.25, 0.3) is 0 Å². The molecule has 18 heavy (non-hydrogen) atoms. The van der Waals surface area contributed by atoms with E-state index in [1.54, 1.807) is 31.2 Å². The maximum absolute atomic E-state index is 11.3. The van der Waals surface area contributed by atoms with Crippen molar-refractivity contribution >= 4 is 11.9 Å². The first-order valence-electron chi connectivity index (χ1n) is 5.97. The average Bonchev–Trinajstić information content (AvgIpc) is 2.87. The SMILES string of the molecule is COc1ccnc(N2CCC(N(C)C(C)=O)C2)n1. The summed E-state index contributed by atoms with van der Waals surface area (Å²) in [6.45, 7) is 3.21. The lowest BCUT2D eigenvalue weighted by Gasteiger charge is -2.23. The lowest BCUT2D eigenvalue weighted by Crippen LogP contribution is -2.37. The fourth-order valence-electron chi connectivity index (χ4n) is 2.10. The molecule has 1 aromatic rings. The van der Waals surface area contributed by atoms with E-state index in [-0.39, 0.29) is 11.9 Å². The van der Waals surface area contributed by atoms with Crippen molar-refractivity contribution in [1.29, 1.82) is 0 Å². The van der Waals surface area contributed by atoms with Crippen molar-refractivity contribution in [2.75, 3.05) is 32.1 Å². The van der Waals surface area contributed by atoms with Gasteiger partial charge in [-0.2, -0.15) is 4.98 Å². The van der Waals surface area contributed by atoms with Crippen molar-refractivity contribution in [1.82, 2.24) is 14.9 Å². The molecule has 6 nitrogen and oxygen atoms in total. The van der Waals surface area contributed by atoms with Gasteiger partial charge in [-0.15, -0.1) is 0 Å². The topological polar surface area (TPSA) is 58.6 Å². The molecule has 1 unspecified atom stereocenters. The van der Waals surface area contributed by atoms with Crippen molar-refractivity contribution in [3.8, 4) is 5.88 Å². The summed E-state index contributed by atoms with van der Waals surface area (Å²) in [7, 11) is 3.42. The Bertz CT molecular complexity index is 438. The molecule has 0 bridgehead atoms. The molecular formula is C12H18N4O2. The number of hydrogen-bond donors (Lipinski definition) is 0. The molecule has 98 valence electrons. The Labute approximate surface area is 107 Å². The van der Waals surface area contributed by atoms with Gasteiger partial charge in [0.15, 0.2) is 0 Å². The van der Waals surface area contributed by atoms with Gasteiger partial charge in [-0.3, -0.25) is 4.79 Å². The second kappa shape index (κ2) is 5.20. The molecule has 1 aromatic heterocycles. The predicted molar refractivity (Wildman–Crippen MR) is 67.6 cm³/mol. The van der Waals surface area contributed by atoms with Crippen molar-refractivity contribution < 1.29 is 9.53 Å². The molecule has 6 heteroatoms. The molecule has 0 spiro atoms. The highest BCUT2D eigenvalue weighted by molar-refractivity contribution is 5.73. The molecule has 1 atom stereocenters. The fraction of sp³-hybridized carbons (Fsp3) is 0.583. The van der Waals surface area contributed by atoms with Crippen molar-refractivity contribution in [3.05, 3.63) is 12.3 Å². The van der Waals surface area contributed by atoms with Crippen LogP contribution in [0.15, 0.2) is 12.3 Å². The van der Waals surface area contributed by atoms with Crippen LogP contribution in [0, 0.1) is 0 Å². The van der Waals surface area contributed by atoms with Crippen LogP contribution in [0.5, 0.6) is 5.88 Å². The molecule has 2 heterocycles. The van der Waals surface area contributed by atoms with Gasteiger partial charge in [0.2, 0.25) is 17.7 Å². The minimum absolute atomic E-state index is 0.0911. The van der Waals surface area contributed by atoms with E-state index in [0.29, 0.717) is 11.8 Å². The minimum Gasteiger partial charge on any atom is -0.481 e. The first kappa shape index (κ1) is 12.6. The van der Waals surface area contributed by atoms with Crippen LogP contribution >= 0.6 is 0 Å². The third-order valence-electron chi connectivity index (χ3n) is 3.32. The average molecular weight is 250 g/mol. The third-order valence-corrected chi connectivity index (χ3v) is 3.32. The van der Waals surface area contributed by atoms with Gasteiger partial charge in [-0.1, -0.05) is 0 Å². The zero-order valence-corrected chi connectivity index (χ0v) is 11.0. The Morgan fingerprint density at radius 3 is 3.06 bits per heavy atom. The van der Waals surface area contributed by atoms with E-state index >= 15 is 0 Å². The van der Waals surface area contributed by atoms with Crippen molar-refractivity contribution in [2.24, 2.45) is 0 Å². The molecule has 2 rings (SSSR count). The summed E-state index contributed by atoms with van der Waals surface area (Å²) < 4.78 is 5.08. The summed E-state index contributed by atoms with van der Waals surface area (Å²) in [5.74, 6) is 1.31. The van der Waals surface area contributed by atoms with Gasteiger partial charge in [-0.25, -0.2) is 4.98 Å². The maximum Gasteiger partial charge on any atom is 0.228 e. The summed E-state index contributed by atoms with van der Waals surface area (Å²) in [5.41, 5.74) is 0. The van der Waals surface area contributed by atoms with Crippen LogP contribution in [0.3, 0.4) is 0 Å². The van der Waals surface area contributed by atoms with Gasteiger partial charge in [-0.05, 0) is 6.42 Å². The summed E-state index contributed by atoms with van der Waals surface area (Å²) >= 11 is 0. The standard InChI is InChI=1S/C12H18N4O2/c1-9(17)15(2)10-5-7-16(8-10)12-13-6-4-11(14-12)18-3/h4,6,10H,5,7-8H2,1-3H3. The van der Waals surface area contributed by atoms with E-state index in [2.05, 4.69) is 14.9 Å². The highest BCUT2D eigenvalue weighted by Crippen LogP contribution is 2.20. The molecule has 1 amide bonds. The number of nitrogens with zero attached hydrogens (tertiary/aromatic N) is 4. The van der Waals surface area contributed by atoms with Crippen LogP contribution in [-0.2, 0) is 4.79 Å². The van der Waals surface area contributed by atoms with Gasteiger partial charge < -0.3 is 14.5 Å². The number of likely N-dealkylation sites (N-methyl/N-ethyl adjacent to an activating group) is 1. The monoisotopic (exact) mass is 250 g/mol. The smallest absolute Gasteiger partial charge is 0.228 e. The van der Waals surface area contributed by atoms with Gasteiger partial charge in [0, 0.05) is 39.3 Å². The quantitative estimate of drug-likeness (QED) is 0.783. The van der Waals surface area contributed by atoms with Crippen LogP contribution in [0.25, 0.3) is 0 Å². The Hall–Kier alpha value is -1.85. The maximum atomic E-state index is 11.3. The molecule has 1 aliphatic rings. The van der Waals surface area contributed by atoms with Gasteiger partial charge in [0.05, 0.1) is 13.2 Å². The van der Waals surface area contributed by atoms with Crippen LogP contribution in [0.2, 0.25) is 0 Å². The Morgan fingerprint density at radius 1 is 1.61 bits per heavy atom. The normalized spacial score (nSPS) is 18.8. The summed E-state index contributed by atoms with van der Waals surface area (Å²) in [4.78, 5) is 23.7. The molecule has 0 aromatic carbocycles. The summed E-state index contributed by atoms with van der Waals surface area (Å²) in [6, 6.07) is 1.95. The molecule has 1 aliphatic heterocycles.